The minimum atomic E-state index is -0.646. The fourth-order valence-corrected chi connectivity index (χ4v) is 3.76. The number of pyridine rings is 1. The maximum Gasteiger partial charge on any atom is 0.241 e. The number of amides is 1. The van der Waals surface area contributed by atoms with Crippen molar-refractivity contribution in [3.63, 3.8) is 0 Å². The fourth-order valence-electron chi connectivity index (χ4n) is 3.64. The van der Waals surface area contributed by atoms with Crippen molar-refractivity contribution in [2.24, 2.45) is 4.99 Å². The first-order chi connectivity index (χ1) is 17.4. The number of nitrogens with one attached hydrogen (secondary N) is 1. The second-order valence-corrected chi connectivity index (χ2v) is 8.50. The van der Waals surface area contributed by atoms with Crippen molar-refractivity contribution in [2.45, 2.75) is 19.4 Å². The van der Waals surface area contributed by atoms with Gasteiger partial charge in [0.25, 0.3) is 0 Å². The van der Waals surface area contributed by atoms with Gasteiger partial charge >= 0.3 is 0 Å². The van der Waals surface area contributed by atoms with Crippen LogP contribution in [0.15, 0.2) is 76.2 Å². The number of benzene rings is 2. The van der Waals surface area contributed by atoms with Crippen LogP contribution in [0.25, 0.3) is 0 Å². The van der Waals surface area contributed by atoms with E-state index in [2.05, 4.69) is 25.4 Å². The Morgan fingerprint density at radius 1 is 1.14 bits per heavy atom. The van der Waals surface area contributed by atoms with Crippen molar-refractivity contribution in [1.82, 2.24) is 25.3 Å². The summed E-state index contributed by atoms with van der Waals surface area (Å²) in [6.45, 7) is 2.46. The molecule has 0 spiro atoms. The van der Waals surface area contributed by atoms with Crippen LogP contribution in [0.4, 0.5) is 10.1 Å². The third-order valence-corrected chi connectivity index (χ3v) is 5.62. The molecule has 9 nitrogen and oxygen atoms in total. The molecular weight excluding hydrogens is 487 g/mol. The number of hydrogen-bond acceptors (Lipinski definition) is 7. The highest BCUT2D eigenvalue weighted by atomic mass is 35.5. The molecule has 1 aliphatic rings. The third-order valence-electron chi connectivity index (χ3n) is 5.37. The molecule has 1 unspecified atom stereocenters. The number of guanidine groups is 1. The average Bonchev–Trinajstić information content (AvgIpc) is 3.29. The molecule has 0 saturated carbocycles. The summed E-state index contributed by atoms with van der Waals surface area (Å²) in [5.74, 6) is 0.129. The van der Waals surface area contributed by atoms with Crippen molar-refractivity contribution < 1.29 is 18.4 Å². The first-order valence-electron chi connectivity index (χ1n) is 11.0. The number of halogens is 2. The molecule has 11 heteroatoms. The Morgan fingerprint density at radius 2 is 1.92 bits per heavy atom. The van der Waals surface area contributed by atoms with Crippen LogP contribution >= 0.6 is 11.6 Å². The monoisotopic (exact) mass is 506 g/mol. The van der Waals surface area contributed by atoms with Crippen LogP contribution in [0.5, 0.6) is 11.6 Å². The molecule has 0 bridgehead atoms. The molecule has 1 fully saturated rings. The predicted molar refractivity (Wildman–Crippen MR) is 130 cm³/mol. The molecule has 1 atom stereocenters. The van der Waals surface area contributed by atoms with Gasteiger partial charge in [-0.1, -0.05) is 35.0 Å². The maximum absolute atomic E-state index is 13.3. The van der Waals surface area contributed by atoms with Gasteiger partial charge in [0.2, 0.25) is 29.6 Å². The van der Waals surface area contributed by atoms with Crippen LogP contribution in [-0.2, 0) is 11.3 Å². The molecule has 0 radical (unpaired) electrons. The van der Waals surface area contributed by atoms with Gasteiger partial charge in [-0.15, -0.1) is 0 Å². The smallest absolute Gasteiger partial charge is 0.241 e. The van der Waals surface area contributed by atoms with E-state index >= 15 is 0 Å². The van der Waals surface area contributed by atoms with Crippen LogP contribution in [0.3, 0.4) is 0 Å². The summed E-state index contributed by atoms with van der Waals surface area (Å²) >= 11 is 6.03. The zero-order chi connectivity index (χ0) is 25.1. The number of aromatic nitrogens is 3. The van der Waals surface area contributed by atoms with Gasteiger partial charge in [0.1, 0.15) is 11.7 Å². The van der Waals surface area contributed by atoms with Crippen molar-refractivity contribution in [3.8, 4) is 11.6 Å². The van der Waals surface area contributed by atoms with Gasteiger partial charge in [0.15, 0.2) is 5.82 Å². The van der Waals surface area contributed by atoms with E-state index in [1.807, 2.05) is 17.0 Å². The van der Waals surface area contributed by atoms with Crippen LogP contribution < -0.4 is 10.1 Å². The van der Waals surface area contributed by atoms with Gasteiger partial charge in [0, 0.05) is 24.2 Å². The number of ether oxygens (including phenoxy) is 1. The summed E-state index contributed by atoms with van der Waals surface area (Å²) in [4.78, 5) is 27.4. The van der Waals surface area contributed by atoms with E-state index in [0.717, 1.165) is 5.56 Å². The predicted octanol–water partition coefficient (Wildman–Crippen LogP) is 4.76. The van der Waals surface area contributed by atoms with Gasteiger partial charge in [0.05, 0.1) is 5.69 Å². The first-order valence-corrected chi connectivity index (χ1v) is 11.4. The van der Waals surface area contributed by atoms with Crippen LogP contribution in [0.2, 0.25) is 5.02 Å². The molecule has 3 heterocycles. The Morgan fingerprint density at radius 3 is 2.61 bits per heavy atom. The van der Waals surface area contributed by atoms with Crippen molar-refractivity contribution in [1.29, 1.82) is 0 Å². The summed E-state index contributed by atoms with van der Waals surface area (Å²) in [7, 11) is 0. The second kappa shape index (κ2) is 10.1. The standard InChI is InChI=1S/C25H20ClFN6O3/c1-15-28-24(36-32-15)20-14-33(13-16-5-7-17(26)8-6-16)25(31-23(20)34)29-18-9-11-19(12-10-18)35-22-4-2-3-21(27)30-22/h2-12,20H,13-14H2,1H3,(H,29,31,34). The molecule has 182 valence electrons. The van der Waals surface area contributed by atoms with Gasteiger partial charge in [-0.3, -0.25) is 10.1 Å². The first kappa shape index (κ1) is 23.4. The van der Waals surface area contributed by atoms with Crippen LogP contribution in [0, 0.1) is 12.9 Å². The lowest BCUT2D eigenvalue weighted by Crippen LogP contribution is -2.53. The maximum atomic E-state index is 13.3. The number of aliphatic imine (C=N–C) groups is 1. The van der Waals surface area contributed by atoms with Crippen molar-refractivity contribution in [2.75, 3.05) is 6.54 Å². The summed E-state index contributed by atoms with van der Waals surface area (Å²) in [6, 6.07) is 18.6. The highest BCUT2D eigenvalue weighted by molar-refractivity contribution is 6.30. The van der Waals surface area contributed by atoms with Crippen molar-refractivity contribution in [3.05, 3.63) is 95.0 Å². The minimum absolute atomic E-state index is 0.144. The van der Waals surface area contributed by atoms with Crippen LogP contribution in [0.1, 0.15) is 23.2 Å². The van der Waals surface area contributed by atoms with Gasteiger partial charge in [-0.05, 0) is 55.0 Å². The van der Waals surface area contributed by atoms with Gasteiger partial charge in [-0.2, -0.15) is 14.4 Å². The fraction of sp³-hybridized carbons (Fsp3) is 0.160. The summed E-state index contributed by atoms with van der Waals surface area (Å²) < 4.78 is 24.2. The van der Waals surface area contributed by atoms with E-state index in [9.17, 15) is 9.18 Å². The quantitative estimate of drug-likeness (QED) is 0.376. The molecule has 2 aromatic heterocycles. The lowest BCUT2D eigenvalue weighted by atomic mass is 10.1. The Bertz CT molecular complexity index is 1410. The van der Waals surface area contributed by atoms with E-state index in [1.165, 1.54) is 12.1 Å². The summed E-state index contributed by atoms with van der Waals surface area (Å²) in [5, 5.41) is 7.31. The third kappa shape index (κ3) is 5.49. The minimum Gasteiger partial charge on any atom is -0.439 e. The highest BCUT2D eigenvalue weighted by Crippen LogP contribution is 2.26. The van der Waals surface area contributed by atoms with E-state index in [4.69, 9.17) is 20.9 Å². The number of hydrogen-bond donors (Lipinski definition) is 1. The number of carbonyl (C=O) groups is 1. The summed E-state index contributed by atoms with van der Waals surface area (Å²) in [6.07, 6.45) is 0. The molecule has 4 aromatic rings. The Kier molecular flexibility index (Phi) is 6.59. The molecule has 1 saturated heterocycles. The molecule has 2 aromatic carbocycles. The van der Waals surface area contributed by atoms with Crippen molar-refractivity contribution >= 4 is 29.2 Å². The summed E-state index contributed by atoms with van der Waals surface area (Å²) in [5.41, 5.74) is 1.56. The highest BCUT2D eigenvalue weighted by Gasteiger charge is 2.36. The second-order valence-electron chi connectivity index (χ2n) is 8.06. The molecule has 5 rings (SSSR count). The van der Waals surface area contributed by atoms with E-state index in [1.54, 1.807) is 49.4 Å². The Balaban J connectivity index is 1.39. The zero-order valence-electron chi connectivity index (χ0n) is 19.1. The lowest BCUT2D eigenvalue weighted by molar-refractivity contribution is -0.123. The van der Waals surface area contributed by atoms with Gasteiger partial charge < -0.3 is 14.2 Å². The Labute approximate surface area is 210 Å². The molecule has 1 amide bonds. The SMILES string of the molecule is Cc1noc(C2CN(Cc3ccc(Cl)cc3)C(=Nc3ccc(Oc4cccc(F)n4)cc3)NC2=O)n1. The van der Waals surface area contributed by atoms with E-state index in [-0.39, 0.29) is 17.7 Å². The zero-order valence-corrected chi connectivity index (χ0v) is 19.8. The average molecular weight is 507 g/mol. The molecular formula is C25H20ClFN6O3. The van der Waals surface area contributed by atoms with Crippen LogP contribution in [-0.4, -0.2) is 38.4 Å². The van der Waals surface area contributed by atoms with Gasteiger partial charge in [-0.25, -0.2) is 4.99 Å². The number of nitrogens with zero attached hydrogens (tertiary/aromatic N) is 5. The molecule has 1 N–H and O–H groups in total. The largest absolute Gasteiger partial charge is 0.439 e. The topological polar surface area (TPSA) is 106 Å². The van der Waals surface area contributed by atoms with E-state index < -0.39 is 11.9 Å². The molecule has 36 heavy (non-hydrogen) atoms. The Hall–Kier alpha value is -4.31. The normalized spacial score (nSPS) is 16.8. The molecule has 1 aliphatic heterocycles. The number of rotatable bonds is 6. The number of aryl methyl sites for hydroxylation is 1. The lowest BCUT2D eigenvalue weighted by Gasteiger charge is -2.33. The van der Waals surface area contributed by atoms with E-state index in [0.29, 0.717) is 41.3 Å². The number of carbonyl (C=O) groups excluding carboxylic acids is 1. The molecule has 0 aliphatic carbocycles.